The monoisotopic (exact) mass is 460 g/mol. The summed E-state index contributed by atoms with van der Waals surface area (Å²) in [4.78, 5) is 33.5. The summed E-state index contributed by atoms with van der Waals surface area (Å²) in [7, 11) is 0. The van der Waals surface area contributed by atoms with Crippen LogP contribution in [0.1, 0.15) is 28.8 Å². The Kier molecular flexibility index (Phi) is 8.11. The number of rotatable bonds is 6. The molecule has 33 heavy (non-hydrogen) atoms. The van der Waals surface area contributed by atoms with Crippen LogP contribution in [0.25, 0.3) is 0 Å². The van der Waals surface area contributed by atoms with Crippen molar-refractivity contribution in [1.82, 2.24) is 15.2 Å². The van der Waals surface area contributed by atoms with Gasteiger partial charge in [-0.05, 0) is 61.8 Å². The van der Waals surface area contributed by atoms with E-state index < -0.39 is 0 Å². The quantitative estimate of drug-likeness (QED) is 0.576. The molecule has 170 valence electrons. The SMILES string of the molecule is O=C(Nc1ccccc1CC(=O)N1CCCNCCC1)c1cccnc1Sc1ccccc1. The normalized spacial score (nSPS) is 14.2. The second-order valence-electron chi connectivity index (χ2n) is 7.90. The van der Waals surface area contributed by atoms with Crippen LogP contribution in [0.5, 0.6) is 0 Å². The molecule has 1 aliphatic heterocycles. The first-order chi connectivity index (χ1) is 16.2. The van der Waals surface area contributed by atoms with E-state index in [-0.39, 0.29) is 18.2 Å². The number of nitrogens with zero attached hydrogens (tertiary/aromatic N) is 2. The zero-order valence-electron chi connectivity index (χ0n) is 18.5. The number of para-hydroxylation sites is 1. The van der Waals surface area contributed by atoms with Gasteiger partial charge in [0.05, 0.1) is 12.0 Å². The van der Waals surface area contributed by atoms with Crippen molar-refractivity contribution in [3.8, 4) is 0 Å². The predicted octanol–water partition coefficient (Wildman–Crippen LogP) is 4.24. The summed E-state index contributed by atoms with van der Waals surface area (Å²) in [6.07, 6.45) is 3.86. The molecule has 1 fully saturated rings. The van der Waals surface area contributed by atoms with Crippen molar-refractivity contribution < 1.29 is 9.59 Å². The van der Waals surface area contributed by atoms with Crippen LogP contribution >= 0.6 is 11.8 Å². The Morgan fingerprint density at radius 1 is 0.939 bits per heavy atom. The number of hydrogen-bond acceptors (Lipinski definition) is 5. The molecule has 0 atom stereocenters. The lowest BCUT2D eigenvalue weighted by Crippen LogP contribution is -2.38. The maximum Gasteiger partial charge on any atom is 0.258 e. The Hall–Kier alpha value is -3.16. The Balaban J connectivity index is 1.48. The van der Waals surface area contributed by atoms with Gasteiger partial charge in [-0.15, -0.1) is 0 Å². The van der Waals surface area contributed by atoms with Crippen molar-refractivity contribution in [3.63, 3.8) is 0 Å². The van der Waals surface area contributed by atoms with Crippen LogP contribution in [0, 0.1) is 0 Å². The van der Waals surface area contributed by atoms with E-state index in [2.05, 4.69) is 15.6 Å². The molecule has 0 saturated carbocycles. The van der Waals surface area contributed by atoms with Crippen molar-refractivity contribution in [2.75, 3.05) is 31.5 Å². The Morgan fingerprint density at radius 2 is 1.67 bits per heavy atom. The second kappa shape index (κ2) is 11.6. The van der Waals surface area contributed by atoms with Gasteiger partial charge in [-0.3, -0.25) is 9.59 Å². The maximum atomic E-state index is 13.2. The molecule has 0 unspecified atom stereocenters. The fraction of sp³-hybridized carbons (Fsp3) is 0.269. The lowest BCUT2D eigenvalue weighted by molar-refractivity contribution is -0.130. The highest BCUT2D eigenvalue weighted by molar-refractivity contribution is 7.99. The minimum Gasteiger partial charge on any atom is -0.342 e. The average Bonchev–Trinajstić information content (AvgIpc) is 2.81. The Morgan fingerprint density at radius 3 is 2.45 bits per heavy atom. The van der Waals surface area contributed by atoms with Crippen LogP contribution in [0.3, 0.4) is 0 Å². The van der Waals surface area contributed by atoms with Crippen molar-refractivity contribution in [2.24, 2.45) is 0 Å². The van der Waals surface area contributed by atoms with Gasteiger partial charge in [-0.2, -0.15) is 0 Å². The predicted molar refractivity (Wildman–Crippen MR) is 132 cm³/mol. The second-order valence-corrected chi connectivity index (χ2v) is 8.96. The van der Waals surface area contributed by atoms with Crippen molar-refractivity contribution >= 4 is 29.3 Å². The van der Waals surface area contributed by atoms with Gasteiger partial charge in [0.1, 0.15) is 5.03 Å². The van der Waals surface area contributed by atoms with Crippen LogP contribution in [0.2, 0.25) is 0 Å². The standard InChI is InChI=1S/C26H28N4O2S/c31-24(30-17-7-14-27-15-8-18-30)19-20-9-4-5-13-23(20)29-25(32)22-12-6-16-28-26(22)33-21-10-2-1-3-11-21/h1-6,9-13,16,27H,7-8,14-15,17-19H2,(H,29,32). The summed E-state index contributed by atoms with van der Waals surface area (Å²) in [5.41, 5.74) is 1.98. The number of nitrogens with one attached hydrogen (secondary N) is 2. The zero-order valence-corrected chi connectivity index (χ0v) is 19.3. The molecule has 2 amide bonds. The molecule has 7 heteroatoms. The van der Waals surface area contributed by atoms with Gasteiger partial charge in [0.2, 0.25) is 5.91 Å². The van der Waals surface area contributed by atoms with E-state index in [1.165, 1.54) is 11.8 Å². The van der Waals surface area contributed by atoms with E-state index in [4.69, 9.17) is 0 Å². The fourth-order valence-corrected chi connectivity index (χ4v) is 4.68. The minimum atomic E-state index is -0.237. The third kappa shape index (κ3) is 6.43. The number of carbonyl (C=O) groups is 2. The molecular weight excluding hydrogens is 432 g/mol. The smallest absolute Gasteiger partial charge is 0.258 e. The largest absolute Gasteiger partial charge is 0.342 e. The third-order valence-electron chi connectivity index (χ3n) is 5.50. The molecule has 2 N–H and O–H groups in total. The number of benzene rings is 2. The van der Waals surface area contributed by atoms with Crippen molar-refractivity contribution in [3.05, 3.63) is 84.1 Å². The molecule has 0 radical (unpaired) electrons. The van der Waals surface area contributed by atoms with E-state index in [0.29, 0.717) is 16.3 Å². The molecule has 1 saturated heterocycles. The molecule has 2 aromatic carbocycles. The summed E-state index contributed by atoms with van der Waals surface area (Å²) in [6, 6.07) is 20.9. The molecule has 1 aliphatic rings. The molecular formula is C26H28N4O2S. The first kappa shape index (κ1) is 23.0. The maximum absolute atomic E-state index is 13.2. The van der Waals surface area contributed by atoms with Gasteiger partial charge in [0, 0.05) is 29.9 Å². The van der Waals surface area contributed by atoms with E-state index in [9.17, 15) is 9.59 Å². The highest BCUT2D eigenvalue weighted by Gasteiger charge is 2.19. The van der Waals surface area contributed by atoms with Crippen LogP contribution in [0.15, 0.2) is 82.8 Å². The van der Waals surface area contributed by atoms with Gasteiger partial charge in [0.15, 0.2) is 0 Å². The molecule has 0 bridgehead atoms. The summed E-state index contributed by atoms with van der Waals surface area (Å²) >= 11 is 1.45. The van der Waals surface area contributed by atoms with Crippen LogP contribution in [-0.2, 0) is 11.2 Å². The molecule has 1 aromatic heterocycles. The highest BCUT2D eigenvalue weighted by atomic mass is 32.2. The number of carbonyl (C=O) groups excluding carboxylic acids is 2. The van der Waals surface area contributed by atoms with Gasteiger partial charge in [-0.1, -0.05) is 48.2 Å². The van der Waals surface area contributed by atoms with Gasteiger partial charge < -0.3 is 15.5 Å². The van der Waals surface area contributed by atoms with Gasteiger partial charge in [0.25, 0.3) is 5.91 Å². The average molecular weight is 461 g/mol. The Labute approximate surface area is 198 Å². The minimum absolute atomic E-state index is 0.0975. The lowest BCUT2D eigenvalue weighted by Gasteiger charge is -2.25. The lowest BCUT2D eigenvalue weighted by atomic mass is 10.1. The number of anilines is 1. The molecule has 0 aliphatic carbocycles. The first-order valence-electron chi connectivity index (χ1n) is 11.3. The summed E-state index contributed by atoms with van der Waals surface area (Å²) in [5, 5.41) is 7.02. The van der Waals surface area contributed by atoms with Crippen LogP contribution < -0.4 is 10.6 Å². The fourth-order valence-electron chi connectivity index (χ4n) is 3.78. The molecule has 6 nitrogen and oxygen atoms in total. The zero-order chi connectivity index (χ0) is 22.9. The molecule has 3 aromatic rings. The summed E-state index contributed by atoms with van der Waals surface area (Å²) < 4.78 is 0. The van der Waals surface area contributed by atoms with Crippen molar-refractivity contribution in [2.45, 2.75) is 29.2 Å². The summed E-state index contributed by atoms with van der Waals surface area (Å²) in [6.45, 7) is 3.39. The van der Waals surface area contributed by atoms with Crippen molar-refractivity contribution in [1.29, 1.82) is 0 Å². The van der Waals surface area contributed by atoms with E-state index in [1.807, 2.05) is 59.5 Å². The number of hydrogen-bond donors (Lipinski definition) is 2. The summed E-state index contributed by atoms with van der Waals surface area (Å²) in [5.74, 6) is -0.140. The number of aromatic nitrogens is 1. The number of amides is 2. The number of pyridine rings is 1. The molecule has 2 heterocycles. The first-order valence-corrected chi connectivity index (χ1v) is 12.1. The Bertz CT molecular complexity index is 1080. The molecule has 4 rings (SSSR count). The van der Waals surface area contributed by atoms with E-state index in [0.717, 1.165) is 49.5 Å². The van der Waals surface area contributed by atoms with Gasteiger partial charge in [-0.25, -0.2) is 4.98 Å². The van der Waals surface area contributed by atoms with E-state index in [1.54, 1.807) is 18.3 Å². The highest BCUT2D eigenvalue weighted by Crippen LogP contribution is 2.29. The van der Waals surface area contributed by atoms with Crippen LogP contribution in [0.4, 0.5) is 5.69 Å². The molecule has 0 spiro atoms. The topological polar surface area (TPSA) is 74.3 Å². The van der Waals surface area contributed by atoms with Gasteiger partial charge >= 0.3 is 0 Å². The van der Waals surface area contributed by atoms with E-state index >= 15 is 0 Å². The third-order valence-corrected chi connectivity index (χ3v) is 6.52. The van der Waals surface area contributed by atoms with Crippen LogP contribution in [-0.4, -0.2) is 47.9 Å².